The fourth-order valence-corrected chi connectivity index (χ4v) is 15.7. The third-order valence-electron chi connectivity index (χ3n) is 20.8. The summed E-state index contributed by atoms with van der Waals surface area (Å²) in [6, 6.07) is 98.0. The van der Waals surface area contributed by atoms with Crippen LogP contribution in [0.2, 0.25) is 0 Å². The molecule has 0 spiro atoms. The highest BCUT2D eigenvalue weighted by Gasteiger charge is 2.24. The van der Waals surface area contributed by atoms with Crippen LogP contribution in [-0.4, -0.2) is 8.80 Å². The standard InChI is InChI=1S/C88H68N2/c1-51(2)57-26-30-63-47-83-75(39-67(63)34-57)79-43-71(62-21-15-20-61(38-62)55-16-9-7-10-17-55)44-80-76-41-69-36-59(28-32-65(69)49-84(76)89(83)87(79)80)53(5)24-25-54(6)60-29-33-66-50-86-78(42-70(66)37-60)82-46-72(74-23-14-13-22-73(74)56-18-11-8-12-19-56)45-81-77-40-68-35-58(52(3)4)27-31-64(68)48-85(77)90(86)88(81)82/h7-23,26-54H,24-25H2,1-6H3. The minimum absolute atomic E-state index is 0.391. The van der Waals surface area contributed by atoms with Crippen LogP contribution in [0.15, 0.2) is 255 Å². The van der Waals surface area contributed by atoms with E-state index in [0.29, 0.717) is 23.7 Å². The Kier molecular flexibility index (Phi) is 11.8. The monoisotopic (exact) mass is 1150 g/mol. The third kappa shape index (κ3) is 8.23. The van der Waals surface area contributed by atoms with Gasteiger partial charge in [0.1, 0.15) is 0 Å². The first-order valence-electron chi connectivity index (χ1n) is 32.6. The van der Waals surface area contributed by atoms with E-state index in [1.807, 2.05) is 0 Å². The normalized spacial score (nSPS) is 13.2. The van der Waals surface area contributed by atoms with Gasteiger partial charge < -0.3 is 8.80 Å². The second-order valence-corrected chi connectivity index (χ2v) is 27.0. The summed E-state index contributed by atoms with van der Waals surface area (Å²) in [7, 11) is 0. The summed E-state index contributed by atoms with van der Waals surface area (Å²) in [4.78, 5) is 0. The summed E-state index contributed by atoms with van der Waals surface area (Å²) in [6.45, 7) is 14.0. The minimum Gasteiger partial charge on any atom is -0.308 e. The van der Waals surface area contributed by atoms with Gasteiger partial charge in [-0.3, -0.25) is 0 Å². The van der Waals surface area contributed by atoms with Crippen molar-refractivity contribution in [3.05, 3.63) is 277 Å². The zero-order valence-electron chi connectivity index (χ0n) is 51.9. The van der Waals surface area contributed by atoms with Crippen LogP contribution in [0.5, 0.6) is 0 Å². The molecule has 0 fully saturated rings. The van der Waals surface area contributed by atoms with Gasteiger partial charge in [0.2, 0.25) is 0 Å². The summed E-state index contributed by atoms with van der Waals surface area (Å²) in [5.41, 5.74) is 23.2. The zero-order chi connectivity index (χ0) is 60.2. The van der Waals surface area contributed by atoms with Crippen LogP contribution in [0.25, 0.3) is 164 Å². The number of hydrogen-bond acceptors (Lipinski definition) is 0. The van der Waals surface area contributed by atoms with E-state index in [2.05, 4.69) is 305 Å². The highest BCUT2D eigenvalue weighted by Crippen LogP contribution is 2.48. The number of fused-ring (bicyclic) bond motifs is 16. The first-order valence-corrected chi connectivity index (χ1v) is 32.6. The van der Waals surface area contributed by atoms with Gasteiger partial charge in [0.25, 0.3) is 0 Å². The van der Waals surface area contributed by atoms with E-state index in [4.69, 9.17) is 0 Å². The minimum atomic E-state index is 0.391. The molecule has 2 heteroatoms. The van der Waals surface area contributed by atoms with Gasteiger partial charge >= 0.3 is 0 Å². The van der Waals surface area contributed by atoms with Crippen molar-refractivity contribution in [2.24, 2.45) is 0 Å². The molecule has 430 valence electrons. The van der Waals surface area contributed by atoms with E-state index in [-0.39, 0.29) is 0 Å². The number of hydrogen-bond donors (Lipinski definition) is 0. The molecule has 4 heterocycles. The lowest BCUT2D eigenvalue weighted by Gasteiger charge is -2.18. The van der Waals surface area contributed by atoms with E-state index < -0.39 is 0 Å². The van der Waals surface area contributed by atoms with Crippen LogP contribution in [0.3, 0.4) is 0 Å². The van der Waals surface area contributed by atoms with Crippen molar-refractivity contribution in [2.75, 3.05) is 0 Å². The average Bonchev–Trinajstić information content (AvgIpc) is 1.54. The molecule has 18 aromatic rings. The molecule has 0 aliphatic rings. The molecule has 0 amide bonds. The first kappa shape index (κ1) is 52.8. The Morgan fingerprint density at radius 1 is 0.233 bits per heavy atom. The quantitative estimate of drug-likeness (QED) is 0.122. The van der Waals surface area contributed by atoms with Gasteiger partial charge in [0.05, 0.1) is 33.1 Å². The van der Waals surface area contributed by atoms with Crippen LogP contribution in [0, 0.1) is 0 Å². The molecule has 14 aromatic carbocycles. The van der Waals surface area contributed by atoms with Crippen molar-refractivity contribution in [1.29, 1.82) is 0 Å². The average molecular weight is 1150 g/mol. The molecule has 4 aromatic heterocycles. The van der Waals surface area contributed by atoms with Crippen molar-refractivity contribution in [3.8, 4) is 44.5 Å². The molecule has 0 saturated heterocycles. The maximum atomic E-state index is 2.57. The SMILES string of the molecule is CC(C)c1ccc2cc3c(cc2c1)c1cc(-c2cccc(-c4ccccc4)c2)cc2c4cc5cc(C(C)CCC(C)c6ccc7cc8c(cc7c6)c6cc(-c7ccccc7-c7ccccc7)cc7c9cc%10cc(C(C)C)ccc%10cc9n8c76)ccc5cc4n3c12. The molecule has 0 aliphatic heterocycles. The van der Waals surface area contributed by atoms with Crippen LogP contribution >= 0.6 is 0 Å². The molecule has 18 rings (SSSR count). The Bertz CT molecular complexity index is 5930. The van der Waals surface area contributed by atoms with Crippen molar-refractivity contribution in [3.63, 3.8) is 0 Å². The van der Waals surface area contributed by atoms with Crippen LogP contribution < -0.4 is 0 Å². The van der Waals surface area contributed by atoms with Gasteiger partial charge in [-0.2, -0.15) is 0 Å². The van der Waals surface area contributed by atoms with Crippen molar-refractivity contribution in [2.45, 2.75) is 78.1 Å². The Morgan fingerprint density at radius 3 is 0.978 bits per heavy atom. The van der Waals surface area contributed by atoms with Gasteiger partial charge in [0, 0.05) is 43.1 Å². The largest absolute Gasteiger partial charge is 0.308 e. The number of benzene rings is 14. The molecular formula is C88H68N2. The van der Waals surface area contributed by atoms with Crippen LogP contribution in [-0.2, 0) is 0 Å². The van der Waals surface area contributed by atoms with Gasteiger partial charge in [0.15, 0.2) is 0 Å². The Balaban J connectivity index is 0.702. The molecule has 0 radical (unpaired) electrons. The molecule has 2 atom stereocenters. The Hall–Kier alpha value is -10.3. The summed E-state index contributed by atoms with van der Waals surface area (Å²) in [6.07, 6.45) is 2.19. The van der Waals surface area contributed by atoms with Gasteiger partial charge in [-0.05, 0) is 225 Å². The Morgan fingerprint density at radius 2 is 0.567 bits per heavy atom. The Labute approximate surface area is 524 Å². The van der Waals surface area contributed by atoms with E-state index in [0.717, 1.165) is 12.8 Å². The molecule has 90 heavy (non-hydrogen) atoms. The van der Waals surface area contributed by atoms with Crippen molar-refractivity contribution >= 4 is 119 Å². The molecular weight excluding hydrogens is 1080 g/mol. The van der Waals surface area contributed by atoms with Crippen molar-refractivity contribution in [1.82, 2.24) is 8.80 Å². The summed E-state index contributed by atoms with van der Waals surface area (Å²) >= 11 is 0. The number of nitrogens with zero attached hydrogens (tertiary/aromatic N) is 2. The molecule has 0 N–H and O–H groups in total. The number of rotatable bonds is 11. The van der Waals surface area contributed by atoms with Gasteiger partial charge in [-0.1, -0.05) is 217 Å². The molecule has 0 saturated carbocycles. The zero-order valence-corrected chi connectivity index (χ0v) is 51.9. The van der Waals surface area contributed by atoms with Crippen LogP contribution in [0.4, 0.5) is 0 Å². The maximum absolute atomic E-state index is 2.57. The second kappa shape index (κ2) is 20.1. The van der Waals surface area contributed by atoms with Crippen LogP contribution in [0.1, 0.15) is 100 Å². The summed E-state index contributed by atoms with van der Waals surface area (Å²) in [5, 5.41) is 20.8. The van der Waals surface area contributed by atoms with E-state index in [1.165, 1.54) is 186 Å². The topological polar surface area (TPSA) is 8.82 Å². The lowest BCUT2D eigenvalue weighted by molar-refractivity contribution is 0.574. The highest BCUT2D eigenvalue weighted by atomic mass is 14.9. The van der Waals surface area contributed by atoms with Gasteiger partial charge in [-0.15, -0.1) is 0 Å². The third-order valence-corrected chi connectivity index (χ3v) is 20.8. The summed E-state index contributed by atoms with van der Waals surface area (Å²) < 4.78 is 5.14. The van der Waals surface area contributed by atoms with E-state index in [1.54, 1.807) is 0 Å². The van der Waals surface area contributed by atoms with E-state index in [9.17, 15) is 0 Å². The second-order valence-electron chi connectivity index (χ2n) is 27.0. The molecule has 0 bridgehead atoms. The fraction of sp³-hybridized carbons (Fsp3) is 0.136. The maximum Gasteiger partial charge on any atom is 0.0620 e. The highest BCUT2D eigenvalue weighted by molar-refractivity contribution is 6.29. The predicted octanol–water partition coefficient (Wildman–Crippen LogP) is 25.2. The van der Waals surface area contributed by atoms with E-state index >= 15 is 0 Å². The molecule has 2 nitrogen and oxygen atoms in total. The smallest absolute Gasteiger partial charge is 0.0620 e. The molecule has 2 unspecified atom stereocenters. The van der Waals surface area contributed by atoms with Crippen molar-refractivity contribution < 1.29 is 0 Å². The lowest BCUT2D eigenvalue weighted by atomic mass is 9.87. The summed E-state index contributed by atoms with van der Waals surface area (Å²) in [5.74, 6) is 1.71. The van der Waals surface area contributed by atoms with Gasteiger partial charge in [-0.25, -0.2) is 0 Å². The first-order chi connectivity index (χ1) is 44.0. The fourth-order valence-electron chi connectivity index (χ4n) is 15.7. The lowest BCUT2D eigenvalue weighted by Crippen LogP contribution is -1.99. The number of aromatic nitrogens is 2. The molecule has 0 aliphatic carbocycles. The predicted molar refractivity (Wildman–Crippen MR) is 388 cm³/mol.